The minimum Gasteiger partial charge on any atom is -0.398 e. The lowest BCUT2D eigenvalue weighted by Gasteiger charge is -2.19. The van der Waals surface area contributed by atoms with Crippen LogP contribution in [0.2, 0.25) is 0 Å². The first-order valence-electron chi connectivity index (χ1n) is 7.06. The summed E-state index contributed by atoms with van der Waals surface area (Å²) in [5.41, 5.74) is 8.08. The molecule has 4 N–H and O–H groups in total. The quantitative estimate of drug-likeness (QED) is 0.690. The lowest BCUT2D eigenvalue weighted by atomic mass is 9.93. The van der Waals surface area contributed by atoms with Crippen molar-refractivity contribution >= 4 is 5.69 Å². The average Bonchev–Trinajstić information content (AvgIpc) is 2.27. The van der Waals surface area contributed by atoms with Gasteiger partial charge < -0.3 is 15.9 Å². The van der Waals surface area contributed by atoms with Crippen LogP contribution in [0.5, 0.6) is 0 Å². The fourth-order valence-corrected chi connectivity index (χ4v) is 2.25. The number of rotatable bonds is 6. The van der Waals surface area contributed by atoms with E-state index in [9.17, 15) is 10.2 Å². The van der Waals surface area contributed by atoms with Crippen LogP contribution in [0.4, 0.5) is 5.69 Å². The molecule has 3 nitrogen and oxygen atoms in total. The molecule has 0 spiro atoms. The largest absolute Gasteiger partial charge is 0.398 e. The zero-order valence-electron chi connectivity index (χ0n) is 12.4. The Kier molecular flexibility index (Phi) is 5.83. The summed E-state index contributed by atoms with van der Waals surface area (Å²) in [6, 6.07) is 5.46. The number of anilines is 1. The molecule has 0 fully saturated rings. The first kappa shape index (κ1) is 16.0. The molecule has 0 saturated carbocycles. The van der Waals surface area contributed by atoms with E-state index in [1.807, 2.05) is 12.1 Å². The molecule has 0 saturated heterocycles. The second kappa shape index (κ2) is 6.92. The first-order chi connectivity index (χ1) is 8.81. The third-order valence-corrected chi connectivity index (χ3v) is 3.24. The molecular weight excluding hydrogens is 238 g/mol. The third-order valence-electron chi connectivity index (χ3n) is 3.24. The molecule has 0 bridgehead atoms. The van der Waals surface area contributed by atoms with Crippen molar-refractivity contribution in [1.82, 2.24) is 0 Å². The second-order valence-electron chi connectivity index (χ2n) is 6.18. The molecule has 1 aromatic rings. The maximum Gasteiger partial charge on any atom is 0.0812 e. The molecular formula is C16H27NO2. The number of benzene rings is 1. The summed E-state index contributed by atoms with van der Waals surface area (Å²) < 4.78 is 0. The van der Waals surface area contributed by atoms with Crippen molar-refractivity contribution in [2.24, 2.45) is 11.8 Å². The molecule has 1 aromatic carbocycles. The van der Waals surface area contributed by atoms with Gasteiger partial charge >= 0.3 is 0 Å². The summed E-state index contributed by atoms with van der Waals surface area (Å²) in [5, 5.41) is 20.3. The fourth-order valence-electron chi connectivity index (χ4n) is 2.25. The van der Waals surface area contributed by atoms with Gasteiger partial charge in [-0.05, 0) is 42.4 Å². The van der Waals surface area contributed by atoms with Gasteiger partial charge in [-0.25, -0.2) is 0 Å². The van der Waals surface area contributed by atoms with Crippen LogP contribution in [0.25, 0.3) is 0 Å². The molecule has 0 aliphatic carbocycles. The number of aliphatic hydroxyl groups excluding tert-OH is 2. The van der Waals surface area contributed by atoms with Crippen LogP contribution in [-0.4, -0.2) is 10.2 Å². The highest BCUT2D eigenvalue weighted by Gasteiger charge is 2.16. The van der Waals surface area contributed by atoms with Crippen molar-refractivity contribution in [3.05, 3.63) is 29.3 Å². The highest BCUT2D eigenvalue weighted by Crippen LogP contribution is 2.30. The molecule has 108 valence electrons. The Morgan fingerprint density at radius 1 is 0.947 bits per heavy atom. The van der Waals surface area contributed by atoms with E-state index in [0.717, 1.165) is 11.1 Å². The maximum atomic E-state index is 10.2. The number of hydrogen-bond acceptors (Lipinski definition) is 3. The van der Waals surface area contributed by atoms with Gasteiger partial charge in [0.25, 0.3) is 0 Å². The average molecular weight is 265 g/mol. The minimum atomic E-state index is -0.564. The Bertz CT molecular complexity index is 402. The second-order valence-corrected chi connectivity index (χ2v) is 6.18. The maximum absolute atomic E-state index is 10.2. The van der Waals surface area contributed by atoms with E-state index in [2.05, 4.69) is 27.7 Å². The van der Waals surface area contributed by atoms with E-state index in [1.54, 1.807) is 6.07 Å². The molecule has 2 atom stereocenters. The van der Waals surface area contributed by atoms with Gasteiger partial charge in [0, 0.05) is 11.3 Å². The Labute approximate surface area is 116 Å². The number of nitrogen functional groups attached to an aromatic ring is 1. The highest BCUT2D eigenvalue weighted by atomic mass is 16.3. The van der Waals surface area contributed by atoms with Crippen LogP contribution in [0, 0.1) is 11.8 Å². The topological polar surface area (TPSA) is 66.5 Å². The third kappa shape index (κ3) is 4.84. The van der Waals surface area contributed by atoms with Crippen LogP contribution < -0.4 is 5.73 Å². The van der Waals surface area contributed by atoms with Crippen molar-refractivity contribution in [1.29, 1.82) is 0 Å². The van der Waals surface area contributed by atoms with Gasteiger partial charge in [-0.2, -0.15) is 0 Å². The minimum absolute atomic E-state index is 0.402. The van der Waals surface area contributed by atoms with Crippen molar-refractivity contribution in [3.8, 4) is 0 Å². The summed E-state index contributed by atoms with van der Waals surface area (Å²) in [7, 11) is 0. The van der Waals surface area contributed by atoms with E-state index in [1.165, 1.54) is 0 Å². The monoisotopic (exact) mass is 265 g/mol. The summed E-state index contributed by atoms with van der Waals surface area (Å²) in [6.07, 6.45) is 0.328. The predicted molar refractivity (Wildman–Crippen MR) is 79.7 cm³/mol. The van der Waals surface area contributed by atoms with Crippen molar-refractivity contribution in [2.45, 2.75) is 52.7 Å². The van der Waals surface area contributed by atoms with E-state index < -0.39 is 12.2 Å². The first-order valence-corrected chi connectivity index (χ1v) is 7.06. The Morgan fingerprint density at radius 3 is 2.00 bits per heavy atom. The summed E-state index contributed by atoms with van der Waals surface area (Å²) in [5.74, 6) is 0.829. The van der Waals surface area contributed by atoms with Gasteiger partial charge in [0.15, 0.2) is 0 Å². The van der Waals surface area contributed by atoms with Crippen LogP contribution in [-0.2, 0) is 0 Å². The molecule has 0 aliphatic heterocycles. The zero-order chi connectivity index (χ0) is 14.6. The molecule has 1 rings (SSSR count). The van der Waals surface area contributed by atoms with Crippen LogP contribution in [0.3, 0.4) is 0 Å². The smallest absolute Gasteiger partial charge is 0.0812 e. The standard InChI is InChI=1S/C16H27NO2/c1-10(2)7-15(18)12-5-6-14(17)13(9-12)16(19)8-11(3)4/h5-6,9-11,15-16,18-19H,7-8,17H2,1-4H3. The van der Waals surface area contributed by atoms with Gasteiger partial charge in [0.05, 0.1) is 12.2 Å². The van der Waals surface area contributed by atoms with Gasteiger partial charge in [-0.1, -0.05) is 33.8 Å². The van der Waals surface area contributed by atoms with E-state index in [0.29, 0.717) is 30.4 Å². The molecule has 19 heavy (non-hydrogen) atoms. The Morgan fingerprint density at radius 2 is 1.47 bits per heavy atom. The van der Waals surface area contributed by atoms with Crippen molar-refractivity contribution in [3.63, 3.8) is 0 Å². The number of aliphatic hydroxyl groups is 2. The van der Waals surface area contributed by atoms with Crippen LogP contribution >= 0.6 is 0 Å². The number of nitrogens with two attached hydrogens (primary N) is 1. The summed E-state index contributed by atoms with van der Waals surface area (Å²) in [4.78, 5) is 0. The van der Waals surface area contributed by atoms with E-state index in [-0.39, 0.29) is 0 Å². The molecule has 0 aromatic heterocycles. The fraction of sp³-hybridized carbons (Fsp3) is 0.625. The molecule has 2 unspecified atom stereocenters. The predicted octanol–water partition coefficient (Wildman–Crippen LogP) is 3.43. The molecule has 0 aliphatic rings. The molecule has 0 radical (unpaired) electrons. The number of hydrogen-bond donors (Lipinski definition) is 3. The normalized spacial score (nSPS) is 14.9. The van der Waals surface area contributed by atoms with Gasteiger partial charge in [-0.3, -0.25) is 0 Å². The Hall–Kier alpha value is -1.06. The van der Waals surface area contributed by atoms with Gasteiger partial charge in [-0.15, -0.1) is 0 Å². The summed E-state index contributed by atoms with van der Waals surface area (Å²) >= 11 is 0. The van der Waals surface area contributed by atoms with Crippen molar-refractivity contribution < 1.29 is 10.2 Å². The molecule has 3 heteroatoms. The zero-order valence-corrected chi connectivity index (χ0v) is 12.4. The SMILES string of the molecule is CC(C)CC(O)c1ccc(N)c(C(O)CC(C)C)c1. The van der Waals surface area contributed by atoms with Crippen LogP contribution in [0.15, 0.2) is 18.2 Å². The highest BCUT2D eigenvalue weighted by molar-refractivity contribution is 5.50. The van der Waals surface area contributed by atoms with E-state index in [4.69, 9.17) is 5.73 Å². The lowest BCUT2D eigenvalue weighted by Crippen LogP contribution is -2.08. The molecule has 0 amide bonds. The summed E-state index contributed by atoms with van der Waals surface area (Å²) in [6.45, 7) is 8.29. The van der Waals surface area contributed by atoms with Crippen LogP contribution in [0.1, 0.15) is 63.9 Å². The van der Waals surface area contributed by atoms with Gasteiger partial charge in [0.2, 0.25) is 0 Å². The van der Waals surface area contributed by atoms with Gasteiger partial charge in [0.1, 0.15) is 0 Å². The molecule has 0 heterocycles. The Balaban J connectivity index is 2.93. The van der Waals surface area contributed by atoms with E-state index >= 15 is 0 Å². The van der Waals surface area contributed by atoms with Crippen molar-refractivity contribution in [2.75, 3.05) is 5.73 Å². The lowest BCUT2D eigenvalue weighted by molar-refractivity contribution is 0.145.